The Hall–Kier alpha value is -5.79. The Morgan fingerprint density at radius 1 is 0.768 bits per heavy atom. The summed E-state index contributed by atoms with van der Waals surface area (Å²) in [5.41, 5.74) is 5.84. The van der Waals surface area contributed by atoms with E-state index >= 15 is 0 Å². The Balaban J connectivity index is 1.52. The van der Waals surface area contributed by atoms with Crippen molar-refractivity contribution in [2.75, 3.05) is 6.54 Å². The van der Waals surface area contributed by atoms with Crippen LogP contribution in [0.1, 0.15) is 89.8 Å². The number of fused-ring (bicyclic) bond motifs is 1. The second-order valence-electron chi connectivity index (χ2n) is 15.2. The van der Waals surface area contributed by atoms with Gasteiger partial charge in [-0.15, -0.1) is 0 Å². The lowest BCUT2D eigenvalue weighted by Crippen LogP contribution is -2.59. The van der Waals surface area contributed by atoms with Crippen LogP contribution in [-0.2, 0) is 39.9 Å². The van der Waals surface area contributed by atoms with Crippen LogP contribution in [0.5, 0.6) is 0 Å². The molecular formula is C42H54N6O8. The second kappa shape index (κ2) is 20.2. The van der Waals surface area contributed by atoms with E-state index in [4.69, 9.17) is 10.5 Å². The molecule has 56 heavy (non-hydrogen) atoms. The van der Waals surface area contributed by atoms with Crippen molar-refractivity contribution in [3.05, 3.63) is 83.9 Å². The summed E-state index contributed by atoms with van der Waals surface area (Å²) in [6.45, 7) is 6.31. The molecule has 14 heteroatoms. The van der Waals surface area contributed by atoms with E-state index in [0.29, 0.717) is 24.8 Å². The first-order valence-electron chi connectivity index (χ1n) is 19.2. The third-order valence-electron chi connectivity index (χ3n) is 9.53. The lowest BCUT2D eigenvalue weighted by atomic mass is 9.83. The molecule has 3 aromatic carbocycles. The first-order chi connectivity index (χ1) is 26.6. The number of ether oxygens (including phenoxy) is 1. The molecule has 0 radical (unpaired) electrons. The summed E-state index contributed by atoms with van der Waals surface area (Å²) in [5, 5.41) is 14.9. The second-order valence-corrected chi connectivity index (χ2v) is 15.2. The van der Waals surface area contributed by atoms with Crippen molar-refractivity contribution in [3.8, 4) is 0 Å². The largest absolute Gasteiger partial charge is 0.444 e. The number of hydrogen-bond acceptors (Lipinski definition) is 8. The van der Waals surface area contributed by atoms with Crippen LogP contribution in [0.15, 0.2) is 72.8 Å². The predicted octanol–water partition coefficient (Wildman–Crippen LogP) is 3.65. The maximum atomic E-state index is 14.1. The number of amides is 6. The number of carbonyl (C=O) groups is 7. The molecule has 1 fully saturated rings. The number of nitrogens with one attached hydrogen (secondary N) is 5. The first kappa shape index (κ1) is 42.9. The number of nitrogens with two attached hydrogens (primary N) is 1. The third-order valence-corrected chi connectivity index (χ3v) is 9.53. The summed E-state index contributed by atoms with van der Waals surface area (Å²) in [4.78, 5) is 92.4. The number of ketones is 1. The van der Waals surface area contributed by atoms with E-state index in [1.807, 2.05) is 42.5 Å². The summed E-state index contributed by atoms with van der Waals surface area (Å²) in [5.74, 6) is -5.17. The van der Waals surface area contributed by atoms with Gasteiger partial charge in [0.1, 0.15) is 23.7 Å². The van der Waals surface area contributed by atoms with Crippen LogP contribution in [0.2, 0.25) is 0 Å². The molecule has 300 valence electrons. The quantitative estimate of drug-likeness (QED) is 0.111. The number of hydrogen-bond donors (Lipinski definition) is 6. The van der Waals surface area contributed by atoms with Gasteiger partial charge in [0.05, 0.1) is 12.6 Å². The van der Waals surface area contributed by atoms with E-state index in [2.05, 4.69) is 26.6 Å². The fourth-order valence-corrected chi connectivity index (χ4v) is 6.78. The molecule has 4 rings (SSSR count). The Morgan fingerprint density at radius 2 is 1.41 bits per heavy atom. The minimum absolute atomic E-state index is 0.0358. The molecule has 1 aliphatic carbocycles. The monoisotopic (exact) mass is 770 g/mol. The first-order valence-corrected chi connectivity index (χ1v) is 19.2. The zero-order chi connectivity index (χ0) is 40.8. The standard InChI is InChI=1S/C42H54N6O8/c1-5-14-31(36(50)40(54)44-25-33(49)47-34(37(43)51)28-16-8-6-9-17-28)45-38(52)32(24-26-21-22-27-15-12-13-20-30(27)23-26)46-39(53)35(29-18-10-7-11-19-29)48-41(55)56-42(2,3)4/h6,8-9,12-13,15-17,20-23,29,31-32,34-35H,5,7,10-11,14,18-19,24-25H2,1-4H3,(H2,43,51)(H,44,54)(H,45,52)(H,46,53)(H,47,49)(H,48,55)/t31?,32-,34-,35?/m0/s1. The lowest BCUT2D eigenvalue weighted by molar-refractivity contribution is -0.141. The average molecular weight is 771 g/mol. The Morgan fingerprint density at radius 3 is 2.05 bits per heavy atom. The van der Waals surface area contributed by atoms with Crippen molar-refractivity contribution in [2.24, 2.45) is 11.7 Å². The summed E-state index contributed by atoms with van der Waals surface area (Å²) >= 11 is 0. The maximum Gasteiger partial charge on any atom is 0.408 e. The molecule has 1 saturated carbocycles. The van der Waals surface area contributed by atoms with E-state index < -0.39 is 77.7 Å². The predicted molar refractivity (Wildman–Crippen MR) is 211 cm³/mol. The highest BCUT2D eigenvalue weighted by atomic mass is 16.6. The number of primary amides is 1. The zero-order valence-corrected chi connectivity index (χ0v) is 32.5. The lowest BCUT2D eigenvalue weighted by Gasteiger charge is -2.32. The molecular weight excluding hydrogens is 716 g/mol. The van der Waals surface area contributed by atoms with E-state index in [-0.39, 0.29) is 18.8 Å². The van der Waals surface area contributed by atoms with E-state index in [9.17, 15) is 33.6 Å². The van der Waals surface area contributed by atoms with Crippen molar-refractivity contribution >= 4 is 52.2 Å². The van der Waals surface area contributed by atoms with Crippen molar-refractivity contribution in [2.45, 2.75) is 109 Å². The van der Waals surface area contributed by atoms with Crippen molar-refractivity contribution in [3.63, 3.8) is 0 Å². The van der Waals surface area contributed by atoms with Crippen LogP contribution in [0.25, 0.3) is 10.8 Å². The van der Waals surface area contributed by atoms with Gasteiger partial charge in [-0.25, -0.2) is 4.79 Å². The summed E-state index contributed by atoms with van der Waals surface area (Å²) in [6.07, 6.45) is 3.96. The molecule has 1 aliphatic rings. The fourth-order valence-electron chi connectivity index (χ4n) is 6.78. The smallest absolute Gasteiger partial charge is 0.408 e. The topological polar surface area (TPSA) is 215 Å². The van der Waals surface area contributed by atoms with Gasteiger partial charge in [0.25, 0.3) is 5.91 Å². The fraction of sp³-hybridized carbons (Fsp3) is 0.452. The minimum Gasteiger partial charge on any atom is -0.444 e. The van der Waals surface area contributed by atoms with Crippen molar-refractivity contribution in [1.29, 1.82) is 0 Å². The van der Waals surface area contributed by atoms with Gasteiger partial charge >= 0.3 is 6.09 Å². The molecule has 0 bridgehead atoms. The Bertz CT molecular complexity index is 1870. The molecule has 3 aromatic rings. The van der Waals surface area contributed by atoms with Gasteiger partial charge in [0, 0.05) is 6.42 Å². The van der Waals surface area contributed by atoms with Crippen LogP contribution >= 0.6 is 0 Å². The highest BCUT2D eigenvalue weighted by Gasteiger charge is 2.36. The van der Waals surface area contributed by atoms with E-state index in [1.165, 1.54) is 0 Å². The Kier molecular flexibility index (Phi) is 15.5. The van der Waals surface area contributed by atoms with Crippen LogP contribution in [0, 0.1) is 5.92 Å². The molecule has 0 aromatic heterocycles. The normalized spacial score (nSPS) is 15.3. The molecule has 0 saturated heterocycles. The number of rotatable bonds is 17. The van der Waals surface area contributed by atoms with Gasteiger partial charge in [0.2, 0.25) is 29.4 Å². The SMILES string of the molecule is CCCC(NC(=O)[C@H](Cc1ccc2ccccc2c1)NC(=O)C(NC(=O)OC(C)(C)C)C1CCCCC1)C(=O)C(=O)NCC(=O)N[C@H](C(N)=O)c1ccccc1. The number of carbonyl (C=O) groups excluding carboxylic acids is 7. The van der Waals surface area contributed by atoms with Gasteiger partial charge in [-0.05, 0) is 67.9 Å². The molecule has 0 heterocycles. The summed E-state index contributed by atoms with van der Waals surface area (Å²) < 4.78 is 5.48. The molecule has 6 amide bonds. The highest BCUT2D eigenvalue weighted by molar-refractivity contribution is 6.38. The maximum absolute atomic E-state index is 14.1. The minimum atomic E-state index is -1.29. The van der Waals surface area contributed by atoms with Crippen LogP contribution in [0.4, 0.5) is 4.79 Å². The zero-order valence-electron chi connectivity index (χ0n) is 32.5. The molecule has 0 spiro atoms. The van der Waals surface area contributed by atoms with Gasteiger partial charge < -0.3 is 37.1 Å². The van der Waals surface area contributed by atoms with E-state index in [0.717, 1.165) is 35.6 Å². The summed E-state index contributed by atoms with van der Waals surface area (Å²) in [6, 6.07) is 17.0. The van der Waals surface area contributed by atoms with Gasteiger partial charge in [-0.2, -0.15) is 0 Å². The van der Waals surface area contributed by atoms with Crippen LogP contribution in [-0.4, -0.2) is 71.7 Å². The van der Waals surface area contributed by atoms with Gasteiger partial charge in [0.15, 0.2) is 0 Å². The average Bonchev–Trinajstić information content (AvgIpc) is 3.17. The van der Waals surface area contributed by atoms with Gasteiger partial charge in [-0.1, -0.05) is 105 Å². The van der Waals surface area contributed by atoms with Crippen LogP contribution in [0.3, 0.4) is 0 Å². The molecule has 14 nitrogen and oxygen atoms in total. The van der Waals surface area contributed by atoms with Crippen molar-refractivity contribution < 1.29 is 38.3 Å². The Labute approximate surface area is 327 Å². The summed E-state index contributed by atoms with van der Waals surface area (Å²) in [7, 11) is 0. The molecule has 7 N–H and O–H groups in total. The van der Waals surface area contributed by atoms with Crippen LogP contribution < -0.4 is 32.3 Å². The molecule has 0 aliphatic heterocycles. The number of alkyl carbamates (subject to hydrolysis) is 1. The van der Waals surface area contributed by atoms with Crippen molar-refractivity contribution in [1.82, 2.24) is 26.6 Å². The van der Waals surface area contributed by atoms with E-state index in [1.54, 1.807) is 58.0 Å². The molecule has 2 unspecified atom stereocenters. The highest BCUT2D eigenvalue weighted by Crippen LogP contribution is 2.27. The number of benzene rings is 3. The third kappa shape index (κ3) is 12.9. The number of Topliss-reactive ketones (excluding diaryl/α,β-unsaturated/α-hetero) is 1. The molecule has 4 atom stereocenters. The van der Waals surface area contributed by atoms with Gasteiger partial charge in [-0.3, -0.25) is 28.8 Å².